The van der Waals surface area contributed by atoms with Crippen molar-refractivity contribution in [3.8, 4) is 0 Å². The highest BCUT2D eigenvalue weighted by molar-refractivity contribution is 9.10. The molecule has 0 saturated carbocycles. The number of rotatable bonds is 4. The Morgan fingerprint density at radius 2 is 1.87 bits per heavy atom. The number of hydrogen-bond acceptors (Lipinski definition) is 2. The van der Waals surface area contributed by atoms with Gasteiger partial charge in [-0.3, -0.25) is 9.69 Å². The first-order chi connectivity index (χ1) is 11.1. The predicted molar refractivity (Wildman–Crippen MR) is 96.0 cm³/mol. The zero-order valence-electron chi connectivity index (χ0n) is 13.3. The molecule has 0 aliphatic carbocycles. The fourth-order valence-electron chi connectivity index (χ4n) is 3.38. The molecule has 1 heterocycles. The Morgan fingerprint density at radius 1 is 1.17 bits per heavy atom. The lowest BCUT2D eigenvalue weighted by molar-refractivity contribution is -0.120. The monoisotopic (exact) mass is 372 g/mol. The van der Waals surface area contributed by atoms with Crippen molar-refractivity contribution in [2.45, 2.75) is 25.4 Å². The van der Waals surface area contributed by atoms with Crippen molar-refractivity contribution in [3.05, 3.63) is 70.2 Å². The van der Waals surface area contributed by atoms with E-state index in [0.717, 1.165) is 30.5 Å². The van der Waals surface area contributed by atoms with Crippen molar-refractivity contribution < 1.29 is 4.79 Å². The molecule has 23 heavy (non-hydrogen) atoms. The summed E-state index contributed by atoms with van der Waals surface area (Å²) >= 11 is 3.48. The van der Waals surface area contributed by atoms with Crippen LogP contribution in [0.3, 0.4) is 0 Å². The summed E-state index contributed by atoms with van der Waals surface area (Å²) in [5.74, 6) is 0.0227. The molecule has 3 nitrogen and oxygen atoms in total. The summed E-state index contributed by atoms with van der Waals surface area (Å²) in [7, 11) is 0. The number of nitrogens with one attached hydrogen (secondary N) is 1. The Kier molecular flexibility index (Phi) is 4.83. The Balaban J connectivity index is 1.81. The van der Waals surface area contributed by atoms with Gasteiger partial charge in [0.1, 0.15) is 0 Å². The average molecular weight is 373 g/mol. The van der Waals surface area contributed by atoms with E-state index in [-0.39, 0.29) is 11.4 Å². The third-order valence-electron chi connectivity index (χ3n) is 4.41. The maximum Gasteiger partial charge on any atom is 0.217 e. The molecule has 1 atom stereocenters. The van der Waals surface area contributed by atoms with E-state index in [0.29, 0.717) is 0 Å². The van der Waals surface area contributed by atoms with E-state index in [2.05, 4.69) is 62.5 Å². The van der Waals surface area contributed by atoms with Crippen molar-refractivity contribution >= 4 is 21.8 Å². The van der Waals surface area contributed by atoms with Gasteiger partial charge in [0.25, 0.3) is 0 Å². The number of likely N-dealkylation sites (tertiary alicyclic amines) is 1. The summed E-state index contributed by atoms with van der Waals surface area (Å²) in [6.45, 7) is 4.33. The van der Waals surface area contributed by atoms with Crippen molar-refractivity contribution in [2.24, 2.45) is 0 Å². The molecule has 120 valence electrons. The number of carbonyl (C=O) groups is 1. The summed E-state index contributed by atoms with van der Waals surface area (Å²) in [5, 5.41) is 3.21. The molecule has 1 saturated heterocycles. The summed E-state index contributed by atoms with van der Waals surface area (Å²) in [6, 6.07) is 18.8. The largest absolute Gasteiger partial charge is 0.345 e. The number of benzene rings is 2. The Bertz CT molecular complexity index is 672. The zero-order valence-corrected chi connectivity index (χ0v) is 14.8. The van der Waals surface area contributed by atoms with Crippen LogP contribution >= 0.6 is 15.9 Å². The number of halogens is 1. The standard InChI is InChI=1S/C19H21BrN2O/c1-15(23)21-19(17-7-9-18(20)10-8-17)11-12-22(14-19)13-16-5-3-2-4-6-16/h2-10H,11-14H2,1H3,(H,21,23). The van der Waals surface area contributed by atoms with Crippen LogP contribution in [-0.4, -0.2) is 23.9 Å². The Morgan fingerprint density at radius 3 is 2.52 bits per heavy atom. The maximum atomic E-state index is 11.8. The van der Waals surface area contributed by atoms with Gasteiger partial charge in [-0.1, -0.05) is 58.4 Å². The minimum absolute atomic E-state index is 0.0227. The molecule has 0 spiro atoms. The van der Waals surface area contributed by atoms with E-state index in [9.17, 15) is 4.79 Å². The lowest BCUT2D eigenvalue weighted by Gasteiger charge is -2.31. The highest BCUT2D eigenvalue weighted by Crippen LogP contribution is 2.33. The van der Waals surface area contributed by atoms with E-state index in [1.165, 1.54) is 11.1 Å². The third kappa shape index (κ3) is 3.82. The lowest BCUT2D eigenvalue weighted by Crippen LogP contribution is -2.47. The van der Waals surface area contributed by atoms with Gasteiger partial charge < -0.3 is 5.32 Å². The van der Waals surface area contributed by atoms with Crippen molar-refractivity contribution in [3.63, 3.8) is 0 Å². The molecule has 0 radical (unpaired) electrons. The molecular formula is C19H21BrN2O. The second-order valence-electron chi connectivity index (χ2n) is 6.22. The molecule has 1 aliphatic heterocycles. The van der Waals surface area contributed by atoms with Crippen LogP contribution in [0.2, 0.25) is 0 Å². The highest BCUT2D eigenvalue weighted by atomic mass is 79.9. The molecule has 1 aliphatic rings. The van der Waals surface area contributed by atoms with E-state index in [4.69, 9.17) is 0 Å². The Labute approximate surface area is 145 Å². The van der Waals surface area contributed by atoms with Gasteiger partial charge in [0.2, 0.25) is 5.91 Å². The summed E-state index contributed by atoms with van der Waals surface area (Å²) < 4.78 is 1.05. The lowest BCUT2D eigenvalue weighted by atomic mass is 9.89. The molecule has 1 amide bonds. The van der Waals surface area contributed by atoms with E-state index >= 15 is 0 Å². The van der Waals surface area contributed by atoms with Gasteiger partial charge in [-0.15, -0.1) is 0 Å². The van der Waals surface area contributed by atoms with E-state index in [1.807, 2.05) is 18.2 Å². The van der Waals surface area contributed by atoms with Crippen LogP contribution in [-0.2, 0) is 16.9 Å². The zero-order chi connectivity index (χ0) is 16.3. The van der Waals surface area contributed by atoms with Gasteiger partial charge in [0.15, 0.2) is 0 Å². The molecule has 2 aromatic carbocycles. The van der Waals surface area contributed by atoms with Crippen molar-refractivity contribution in [2.75, 3.05) is 13.1 Å². The topological polar surface area (TPSA) is 32.3 Å². The molecular weight excluding hydrogens is 352 g/mol. The third-order valence-corrected chi connectivity index (χ3v) is 4.94. The minimum Gasteiger partial charge on any atom is -0.345 e. The Hall–Kier alpha value is -1.65. The van der Waals surface area contributed by atoms with Gasteiger partial charge in [0.05, 0.1) is 5.54 Å². The second-order valence-corrected chi connectivity index (χ2v) is 7.13. The van der Waals surface area contributed by atoms with Gasteiger partial charge >= 0.3 is 0 Å². The number of carbonyl (C=O) groups excluding carboxylic acids is 1. The number of nitrogens with zero attached hydrogens (tertiary/aromatic N) is 1. The first-order valence-corrected chi connectivity index (χ1v) is 8.68. The summed E-state index contributed by atoms with van der Waals surface area (Å²) in [4.78, 5) is 14.2. The van der Waals surface area contributed by atoms with Crippen LogP contribution in [0.5, 0.6) is 0 Å². The van der Waals surface area contributed by atoms with Crippen LogP contribution in [0.15, 0.2) is 59.1 Å². The minimum atomic E-state index is -0.290. The van der Waals surface area contributed by atoms with Crippen molar-refractivity contribution in [1.82, 2.24) is 10.2 Å². The van der Waals surface area contributed by atoms with Crippen molar-refractivity contribution in [1.29, 1.82) is 0 Å². The van der Waals surface area contributed by atoms with Crippen LogP contribution in [0.4, 0.5) is 0 Å². The van der Waals surface area contributed by atoms with Crippen LogP contribution in [0.1, 0.15) is 24.5 Å². The number of amides is 1. The van der Waals surface area contributed by atoms with Crippen LogP contribution < -0.4 is 5.32 Å². The summed E-state index contributed by atoms with van der Waals surface area (Å²) in [5.41, 5.74) is 2.19. The van der Waals surface area contributed by atoms with Gasteiger partial charge in [-0.2, -0.15) is 0 Å². The fourth-order valence-corrected chi connectivity index (χ4v) is 3.65. The molecule has 1 N–H and O–H groups in total. The molecule has 0 bridgehead atoms. The quantitative estimate of drug-likeness (QED) is 0.887. The molecule has 0 aromatic heterocycles. The fraction of sp³-hybridized carbons (Fsp3) is 0.316. The van der Waals surface area contributed by atoms with Crippen LogP contribution in [0.25, 0.3) is 0 Å². The SMILES string of the molecule is CC(=O)NC1(c2ccc(Br)cc2)CCN(Cc2ccccc2)C1. The van der Waals surface area contributed by atoms with Gasteiger partial charge in [-0.05, 0) is 29.7 Å². The normalized spacial score (nSPS) is 21.3. The smallest absolute Gasteiger partial charge is 0.217 e. The predicted octanol–water partition coefficient (Wildman–Crippen LogP) is 3.69. The van der Waals surface area contributed by atoms with Gasteiger partial charge in [-0.25, -0.2) is 0 Å². The molecule has 1 unspecified atom stereocenters. The number of hydrogen-bond donors (Lipinski definition) is 1. The molecule has 3 rings (SSSR count). The van der Waals surface area contributed by atoms with Crippen LogP contribution in [0, 0.1) is 0 Å². The van der Waals surface area contributed by atoms with E-state index < -0.39 is 0 Å². The molecule has 4 heteroatoms. The molecule has 1 fully saturated rings. The highest BCUT2D eigenvalue weighted by Gasteiger charge is 2.40. The summed E-state index contributed by atoms with van der Waals surface area (Å²) in [6.07, 6.45) is 0.932. The molecule has 2 aromatic rings. The average Bonchev–Trinajstić information content (AvgIpc) is 2.92. The van der Waals surface area contributed by atoms with Gasteiger partial charge in [0, 0.05) is 31.0 Å². The first kappa shape index (κ1) is 16.2. The second kappa shape index (κ2) is 6.85. The van der Waals surface area contributed by atoms with E-state index in [1.54, 1.807) is 6.92 Å². The first-order valence-electron chi connectivity index (χ1n) is 7.88. The maximum absolute atomic E-state index is 11.8.